The molecule has 120 valence electrons. The van der Waals surface area contributed by atoms with Crippen molar-refractivity contribution in [1.82, 2.24) is 10.2 Å². The quantitative estimate of drug-likeness (QED) is 0.838. The summed E-state index contributed by atoms with van der Waals surface area (Å²) < 4.78 is 1.06. The number of urea groups is 1. The lowest BCUT2D eigenvalue weighted by atomic mass is 9.76. The van der Waals surface area contributed by atoms with Gasteiger partial charge in [0.15, 0.2) is 0 Å². The molecule has 1 atom stereocenters. The zero-order valence-electron chi connectivity index (χ0n) is 12.8. The number of carboxylic acids is 1. The fourth-order valence-corrected chi connectivity index (χ4v) is 2.86. The molecule has 0 bridgehead atoms. The molecule has 1 saturated carbocycles. The summed E-state index contributed by atoms with van der Waals surface area (Å²) in [5.74, 6) is -0.965. The monoisotopic (exact) mass is 368 g/mol. The molecule has 0 spiro atoms. The summed E-state index contributed by atoms with van der Waals surface area (Å²) >= 11 is 3.42. The van der Waals surface area contributed by atoms with E-state index >= 15 is 0 Å². The smallest absolute Gasteiger partial charge is 0.317 e. The molecule has 1 aromatic rings. The zero-order chi connectivity index (χ0) is 16.3. The normalized spacial score (nSPS) is 21.6. The maximum absolute atomic E-state index is 12.0. The Morgan fingerprint density at radius 1 is 1.36 bits per heavy atom. The maximum atomic E-state index is 12.0. The van der Waals surface area contributed by atoms with Crippen molar-refractivity contribution in [3.8, 4) is 0 Å². The van der Waals surface area contributed by atoms with E-state index in [1.165, 1.54) is 10.5 Å². The average Bonchev–Trinajstić information content (AvgIpc) is 2.43. The number of hydrogen-bond donors (Lipinski definition) is 2. The number of carboxylic acid groups (broad SMARTS) is 1. The Bertz CT molecular complexity index is 541. The fourth-order valence-electron chi connectivity index (χ4n) is 2.60. The Hall–Kier alpha value is -1.56. The first-order valence-electron chi connectivity index (χ1n) is 7.36. The molecule has 1 aliphatic carbocycles. The molecule has 6 heteroatoms. The number of halogens is 1. The minimum absolute atomic E-state index is 0.170. The van der Waals surface area contributed by atoms with Gasteiger partial charge in [0.25, 0.3) is 0 Å². The molecule has 0 radical (unpaired) electrons. The van der Waals surface area contributed by atoms with Crippen LogP contribution in [0, 0.1) is 5.92 Å². The van der Waals surface area contributed by atoms with Gasteiger partial charge in [-0.15, -0.1) is 0 Å². The van der Waals surface area contributed by atoms with Crippen molar-refractivity contribution in [2.24, 2.45) is 5.92 Å². The van der Waals surface area contributed by atoms with Crippen LogP contribution in [0.4, 0.5) is 4.79 Å². The molecule has 0 heterocycles. The molecule has 2 N–H and O–H groups in total. The fraction of sp³-hybridized carbons (Fsp3) is 0.500. The van der Waals surface area contributed by atoms with Crippen LogP contribution in [0.1, 0.15) is 31.2 Å². The van der Waals surface area contributed by atoms with E-state index in [-0.39, 0.29) is 18.6 Å². The predicted molar refractivity (Wildman–Crippen MR) is 87.9 cm³/mol. The number of hydrogen-bond acceptors (Lipinski definition) is 2. The highest BCUT2D eigenvalue weighted by Gasteiger charge is 2.32. The van der Waals surface area contributed by atoms with Crippen LogP contribution in [0.3, 0.4) is 0 Å². The van der Waals surface area contributed by atoms with Crippen molar-refractivity contribution in [2.75, 3.05) is 13.6 Å². The Morgan fingerprint density at radius 3 is 2.50 bits per heavy atom. The van der Waals surface area contributed by atoms with Crippen LogP contribution in [-0.4, -0.2) is 41.6 Å². The predicted octanol–water partition coefficient (Wildman–Crippen LogP) is 3.06. The largest absolute Gasteiger partial charge is 0.481 e. The Morgan fingerprint density at radius 2 is 1.95 bits per heavy atom. The minimum atomic E-state index is -0.890. The molecule has 5 nitrogen and oxygen atoms in total. The lowest BCUT2D eigenvalue weighted by molar-refractivity contribution is -0.141. The Labute approximate surface area is 138 Å². The van der Waals surface area contributed by atoms with Crippen molar-refractivity contribution < 1.29 is 14.7 Å². The highest BCUT2D eigenvalue weighted by Crippen LogP contribution is 2.37. The van der Waals surface area contributed by atoms with Crippen LogP contribution in [0.2, 0.25) is 0 Å². The molecular formula is C16H21BrN2O3. The van der Waals surface area contributed by atoms with E-state index in [4.69, 9.17) is 5.11 Å². The summed E-state index contributed by atoms with van der Waals surface area (Å²) in [5.41, 5.74) is 1.29. The van der Waals surface area contributed by atoms with Gasteiger partial charge in [0, 0.05) is 24.1 Å². The van der Waals surface area contributed by atoms with Crippen molar-refractivity contribution in [1.29, 1.82) is 0 Å². The topological polar surface area (TPSA) is 69.6 Å². The molecule has 1 unspecified atom stereocenters. The highest BCUT2D eigenvalue weighted by atomic mass is 79.9. The van der Waals surface area contributed by atoms with Gasteiger partial charge in [-0.2, -0.15) is 0 Å². The molecule has 1 aliphatic rings. The first-order chi connectivity index (χ1) is 10.4. The van der Waals surface area contributed by atoms with Crippen molar-refractivity contribution >= 4 is 27.9 Å². The second-order valence-electron chi connectivity index (χ2n) is 5.99. The van der Waals surface area contributed by atoms with Gasteiger partial charge in [0.2, 0.25) is 0 Å². The third-order valence-corrected chi connectivity index (χ3v) is 4.65. The summed E-state index contributed by atoms with van der Waals surface area (Å²) in [7, 11) is 1.62. The van der Waals surface area contributed by atoms with Crippen LogP contribution in [0.5, 0.6) is 0 Å². The lowest BCUT2D eigenvalue weighted by Crippen LogP contribution is -2.49. The second-order valence-corrected chi connectivity index (χ2v) is 6.90. The van der Waals surface area contributed by atoms with Gasteiger partial charge in [-0.05, 0) is 36.5 Å². The van der Waals surface area contributed by atoms with Crippen LogP contribution in [0.25, 0.3) is 0 Å². The number of aliphatic carboxylic acids is 1. The molecule has 0 saturated heterocycles. The van der Waals surface area contributed by atoms with E-state index in [0.29, 0.717) is 5.92 Å². The number of carbonyl (C=O) groups is 2. The average molecular weight is 369 g/mol. The van der Waals surface area contributed by atoms with Gasteiger partial charge >= 0.3 is 12.0 Å². The van der Waals surface area contributed by atoms with E-state index in [0.717, 1.165) is 17.3 Å². The van der Waals surface area contributed by atoms with Gasteiger partial charge in [-0.25, -0.2) is 4.79 Å². The molecule has 2 amide bonds. The Kier molecular flexibility index (Phi) is 5.45. The van der Waals surface area contributed by atoms with E-state index < -0.39 is 11.9 Å². The summed E-state index contributed by atoms with van der Waals surface area (Å²) in [6.45, 7) is 1.81. The highest BCUT2D eigenvalue weighted by molar-refractivity contribution is 9.10. The van der Waals surface area contributed by atoms with E-state index in [1.807, 2.05) is 12.1 Å². The van der Waals surface area contributed by atoms with E-state index in [1.54, 1.807) is 14.0 Å². The van der Waals surface area contributed by atoms with Crippen molar-refractivity contribution in [3.63, 3.8) is 0 Å². The molecule has 0 aromatic heterocycles. The first-order valence-corrected chi connectivity index (χ1v) is 8.16. The third kappa shape index (κ3) is 4.22. The van der Waals surface area contributed by atoms with Crippen molar-refractivity contribution in [2.45, 2.75) is 31.7 Å². The standard InChI is InChI=1S/C16H21BrN2O3/c1-10(15(20)21)9-19(2)16(22)18-14-7-12(8-14)11-3-5-13(17)6-4-11/h3-6,10,12,14H,7-9H2,1-2H3,(H,18,22)(H,20,21). The van der Waals surface area contributed by atoms with Crippen LogP contribution < -0.4 is 5.32 Å². The molecule has 1 aromatic carbocycles. The Balaban J connectivity index is 1.76. The SMILES string of the molecule is CC(CN(C)C(=O)NC1CC(c2ccc(Br)cc2)C1)C(=O)O. The van der Waals surface area contributed by atoms with Crippen LogP contribution in [0.15, 0.2) is 28.7 Å². The summed E-state index contributed by atoms with van der Waals surface area (Å²) in [6, 6.07) is 8.24. The van der Waals surface area contributed by atoms with E-state index in [9.17, 15) is 9.59 Å². The minimum Gasteiger partial charge on any atom is -0.481 e. The summed E-state index contributed by atoms with van der Waals surface area (Å²) in [4.78, 5) is 24.3. The van der Waals surface area contributed by atoms with Gasteiger partial charge in [0.1, 0.15) is 0 Å². The molecule has 1 fully saturated rings. The number of nitrogens with one attached hydrogen (secondary N) is 1. The maximum Gasteiger partial charge on any atom is 0.317 e. The molecular weight excluding hydrogens is 348 g/mol. The third-order valence-electron chi connectivity index (χ3n) is 4.12. The van der Waals surface area contributed by atoms with Gasteiger partial charge in [0.05, 0.1) is 5.92 Å². The van der Waals surface area contributed by atoms with E-state index in [2.05, 4.69) is 33.4 Å². The number of carbonyl (C=O) groups excluding carboxylic acids is 1. The first kappa shape index (κ1) is 16.8. The number of nitrogens with zero attached hydrogens (tertiary/aromatic N) is 1. The zero-order valence-corrected chi connectivity index (χ0v) is 14.3. The number of rotatable bonds is 5. The second kappa shape index (κ2) is 7.13. The van der Waals surface area contributed by atoms with Crippen molar-refractivity contribution in [3.05, 3.63) is 34.3 Å². The van der Waals surface area contributed by atoms with Crippen LogP contribution >= 0.6 is 15.9 Å². The molecule has 0 aliphatic heterocycles. The molecule has 22 heavy (non-hydrogen) atoms. The molecule has 2 rings (SSSR count). The lowest BCUT2D eigenvalue weighted by Gasteiger charge is -2.37. The number of benzene rings is 1. The van der Waals surface area contributed by atoms with Crippen LogP contribution in [-0.2, 0) is 4.79 Å². The number of amides is 2. The van der Waals surface area contributed by atoms with Gasteiger partial charge in [-0.3, -0.25) is 4.79 Å². The summed E-state index contributed by atoms with van der Waals surface area (Å²) in [5, 5.41) is 11.8. The summed E-state index contributed by atoms with van der Waals surface area (Å²) in [6.07, 6.45) is 1.85. The van der Waals surface area contributed by atoms with Gasteiger partial charge in [-0.1, -0.05) is 35.0 Å². The van der Waals surface area contributed by atoms with Gasteiger partial charge < -0.3 is 15.3 Å².